The summed E-state index contributed by atoms with van der Waals surface area (Å²) in [7, 11) is -9.90. The van der Waals surface area contributed by atoms with Crippen LogP contribution in [0.3, 0.4) is 0 Å². The molecular formula is C70H136O17P2. The van der Waals surface area contributed by atoms with Gasteiger partial charge in [-0.05, 0) is 49.4 Å². The van der Waals surface area contributed by atoms with Crippen molar-refractivity contribution in [2.75, 3.05) is 39.6 Å². The monoisotopic (exact) mass is 1310 g/mol. The van der Waals surface area contributed by atoms with Crippen molar-refractivity contribution in [1.82, 2.24) is 0 Å². The van der Waals surface area contributed by atoms with E-state index in [0.29, 0.717) is 31.6 Å². The summed E-state index contributed by atoms with van der Waals surface area (Å²) in [6.07, 6.45) is 41.8. The number of esters is 4. The fourth-order valence-corrected chi connectivity index (χ4v) is 12.0. The van der Waals surface area contributed by atoms with E-state index in [1.807, 2.05) is 0 Å². The number of hydrogen-bond donors (Lipinski definition) is 3. The molecular weight excluding hydrogens is 1170 g/mol. The zero-order valence-electron chi connectivity index (χ0n) is 58.1. The van der Waals surface area contributed by atoms with Crippen molar-refractivity contribution in [3.63, 3.8) is 0 Å². The first kappa shape index (κ1) is 87.1. The summed E-state index contributed by atoms with van der Waals surface area (Å²) in [6, 6.07) is 0. The maximum Gasteiger partial charge on any atom is 0.472 e. The van der Waals surface area contributed by atoms with Gasteiger partial charge in [0.2, 0.25) is 0 Å². The first-order valence-corrected chi connectivity index (χ1v) is 39.2. The quantitative estimate of drug-likeness (QED) is 0.0222. The molecule has 528 valence electrons. The van der Waals surface area contributed by atoms with Gasteiger partial charge in [0.05, 0.1) is 26.4 Å². The van der Waals surface area contributed by atoms with Crippen LogP contribution in [0.1, 0.15) is 344 Å². The second-order valence-electron chi connectivity index (χ2n) is 26.9. The summed E-state index contributed by atoms with van der Waals surface area (Å²) in [5, 5.41) is 10.6. The van der Waals surface area contributed by atoms with Crippen LogP contribution in [0.25, 0.3) is 0 Å². The minimum Gasteiger partial charge on any atom is -0.462 e. The van der Waals surface area contributed by atoms with E-state index in [1.54, 1.807) is 0 Å². The molecule has 0 aliphatic carbocycles. The molecule has 0 fully saturated rings. The van der Waals surface area contributed by atoms with Crippen molar-refractivity contribution in [3.8, 4) is 0 Å². The van der Waals surface area contributed by atoms with Gasteiger partial charge in [0.15, 0.2) is 12.2 Å². The number of rotatable bonds is 67. The lowest BCUT2D eigenvalue weighted by molar-refractivity contribution is -0.161. The largest absolute Gasteiger partial charge is 0.472 e. The van der Waals surface area contributed by atoms with Gasteiger partial charge >= 0.3 is 39.5 Å². The number of phosphoric acid groups is 2. The summed E-state index contributed by atoms with van der Waals surface area (Å²) in [6.45, 7) is 14.1. The van der Waals surface area contributed by atoms with E-state index in [1.165, 1.54) is 141 Å². The van der Waals surface area contributed by atoms with Gasteiger partial charge in [-0.1, -0.05) is 293 Å². The highest BCUT2D eigenvalue weighted by Gasteiger charge is 2.30. The minimum atomic E-state index is -4.95. The molecule has 0 saturated carbocycles. The summed E-state index contributed by atoms with van der Waals surface area (Å²) in [5.74, 6) is 0.841. The minimum absolute atomic E-state index is 0.102. The van der Waals surface area contributed by atoms with E-state index >= 15 is 0 Å². The van der Waals surface area contributed by atoms with Gasteiger partial charge in [-0.2, -0.15) is 0 Å². The fraction of sp³-hybridized carbons (Fsp3) is 0.943. The van der Waals surface area contributed by atoms with Crippen LogP contribution < -0.4 is 0 Å². The highest BCUT2D eigenvalue weighted by Crippen LogP contribution is 2.45. The normalized spacial score (nSPS) is 14.6. The molecule has 19 heteroatoms. The number of ether oxygens (including phenoxy) is 4. The van der Waals surface area contributed by atoms with Crippen molar-refractivity contribution in [2.24, 2.45) is 23.7 Å². The van der Waals surface area contributed by atoms with Crippen molar-refractivity contribution >= 4 is 39.5 Å². The van der Waals surface area contributed by atoms with Crippen LogP contribution in [-0.4, -0.2) is 96.7 Å². The van der Waals surface area contributed by atoms with Gasteiger partial charge in [-0.15, -0.1) is 0 Å². The van der Waals surface area contributed by atoms with Gasteiger partial charge < -0.3 is 33.8 Å². The first-order valence-electron chi connectivity index (χ1n) is 36.2. The zero-order chi connectivity index (χ0) is 66.1. The van der Waals surface area contributed by atoms with Crippen LogP contribution in [0, 0.1) is 23.7 Å². The molecule has 0 aromatic rings. The Kier molecular flexibility index (Phi) is 58.5. The zero-order valence-corrected chi connectivity index (χ0v) is 59.8. The molecule has 17 nitrogen and oxygen atoms in total. The van der Waals surface area contributed by atoms with E-state index in [-0.39, 0.29) is 25.7 Å². The molecule has 4 unspecified atom stereocenters. The molecule has 0 aromatic carbocycles. The van der Waals surface area contributed by atoms with Crippen LogP contribution in [0.4, 0.5) is 0 Å². The SMILES string of the molecule is CCC(C)CCCCCCCCC(=O)O[C@H](COC(=O)CCCCCCCCCCCCCC(C)C)COP(=O)(O)OCC(O)COP(=O)(O)OC[C@@H](COC(=O)CCCCCCCCCC(C)C)OC(=O)CCCCCCCCCCCCCCC(C)C. The Morgan fingerprint density at radius 3 is 0.798 bits per heavy atom. The standard InChI is InChI=1S/C70H136O17P2/c1-9-63(8)49-41-33-28-29-37-45-53-70(75)87-66(57-80-67(72)50-42-34-25-19-16-12-14-18-23-31-39-47-61(4)5)59-85-89(78,79)83-55-64(71)54-82-88(76,77)84-58-65(56-81-68(73)51-43-35-27-21-24-32-40-48-62(6)7)86-69(74)52-44-36-26-20-15-11-10-13-17-22-30-38-46-60(2)3/h60-66,71H,9-59H2,1-8H3,(H,76,77)(H,78,79)/t63?,64?,65-,66-/m1/s1. The number of aliphatic hydroxyl groups is 1. The van der Waals surface area contributed by atoms with Gasteiger partial charge in [0.1, 0.15) is 19.3 Å². The van der Waals surface area contributed by atoms with Crippen molar-refractivity contribution in [3.05, 3.63) is 0 Å². The summed E-state index contributed by atoms with van der Waals surface area (Å²) in [4.78, 5) is 72.5. The molecule has 6 atom stereocenters. The average Bonchev–Trinajstić information content (AvgIpc) is 3.70. The van der Waals surface area contributed by atoms with Crippen LogP contribution >= 0.6 is 15.6 Å². The van der Waals surface area contributed by atoms with Gasteiger partial charge in [0, 0.05) is 25.7 Å². The second kappa shape index (κ2) is 59.8. The van der Waals surface area contributed by atoms with E-state index in [2.05, 4.69) is 55.4 Å². The molecule has 0 aliphatic rings. The Balaban J connectivity index is 5.24. The lowest BCUT2D eigenvalue weighted by atomic mass is 10.00. The Labute approximate surface area is 543 Å². The van der Waals surface area contributed by atoms with Crippen molar-refractivity contribution in [1.29, 1.82) is 0 Å². The maximum absolute atomic E-state index is 13.0. The van der Waals surface area contributed by atoms with Crippen LogP contribution in [0.15, 0.2) is 0 Å². The number of aliphatic hydroxyl groups excluding tert-OH is 1. The molecule has 0 saturated heterocycles. The fourth-order valence-electron chi connectivity index (χ4n) is 10.5. The predicted octanol–water partition coefficient (Wildman–Crippen LogP) is 19.7. The van der Waals surface area contributed by atoms with E-state index in [0.717, 1.165) is 114 Å². The first-order chi connectivity index (χ1) is 42.6. The second-order valence-corrected chi connectivity index (χ2v) is 29.8. The van der Waals surface area contributed by atoms with Gasteiger partial charge in [-0.25, -0.2) is 9.13 Å². The average molecular weight is 1310 g/mol. The molecule has 0 heterocycles. The molecule has 0 rings (SSSR count). The number of hydrogen-bond acceptors (Lipinski definition) is 15. The van der Waals surface area contributed by atoms with E-state index in [9.17, 15) is 43.2 Å². The number of carbonyl (C=O) groups is 4. The van der Waals surface area contributed by atoms with Crippen LogP contribution in [0.2, 0.25) is 0 Å². The lowest BCUT2D eigenvalue weighted by Crippen LogP contribution is -2.30. The third-order valence-electron chi connectivity index (χ3n) is 16.4. The topological polar surface area (TPSA) is 237 Å². The molecule has 0 spiro atoms. The van der Waals surface area contributed by atoms with E-state index < -0.39 is 97.5 Å². The molecule has 0 bridgehead atoms. The molecule has 89 heavy (non-hydrogen) atoms. The lowest BCUT2D eigenvalue weighted by Gasteiger charge is -2.21. The summed E-state index contributed by atoms with van der Waals surface area (Å²) < 4.78 is 68.3. The number of unbranched alkanes of at least 4 members (excludes halogenated alkanes) is 32. The molecule has 0 amide bonds. The smallest absolute Gasteiger partial charge is 0.462 e. The maximum atomic E-state index is 13.0. The molecule has 0 aliphatic heterocycles. The number of carbonyl (C=O) groups excluding carboxylic acids is 4. The van der Waals surface area contributed by atoms with Crippen molar-refractivity contribution < 1.29 is 80.2 Å². The van der Waals surface area contributed by atoms with Crippen LogP contribution in [-0.2, 0) is 65.4 Å². The van der Waals surface area contributed by atoms with Crippen molar-refractivity contribution in [2.45, 2.75) is 363 Å². The summed E-state index contributed by atoms with van der Waals surface area (Å²) in [5.41, 5.74) is 0. The summed E-state index contributed by atoms with van der Waals surface area (Å²) >= 11 is 0. The Morgan fingerprint density at radius 2 is 0.539 bits per heavy atom. The Bertz CT molecular complexity index is 1770. The van der Waals surface area contributed by atoms with E-state index in [4.69, 9.17) is 37.0 Å². The Morgan fingerprint density at radius 1 is 0.315 bits per heavy atom. The molecule has 3 N–H and O–H groups in total. The highest BCUT2D eigenvalue weighted by atomic mass is 31.2. The third-order valence-corrected chi connectivity index (χ3v) is 18.3. The highest BCUT2D eigenvalue weighted by molar-refractivity contribution is 7.47. The number of phosphoric ester groups is 2. The Hall–Kier alpha value is -1.94. The predicted molar refractivity (Wildman–Crippen MR) is 358 cm³/mol. The van der Waals surface area contributed by atoms with Crippen LogP contribution in [0.5, 0.6) is 0 Å². The molecule has 0 radical (unpaired) electrons. The van der Waals surface area contributed by atoms with Gasteiger partial charge in [-0.3, -0.25) is 37.3 Å². The third kappa shape index (κ3) is 63.2. The molecule has 0 aromatic heterocycles. The van der Waals surface area contributed by atoms with Gasteiger partial charge in [0.25, 0.3) is 0 Å².